The lowest BCUT2D eigenvalue weighted by atomic mass is 10.0. The monoisotopic (exact) mass is 576 g/mol. The van der Waals surface area contributed by atoms with Crippen LogP contribution in [0, 0.1) is 0 Å². The van der Waals surface area contributed by atoms with Gasteiger partial charge in [0.05, 0.1) is 20.6 Å². The van der Waals surface area contributed by atoms with Gasteiger partial charge in [0.1, 0.15) is 6.04 Å². The van der Waals surface area contributed by atoms with Crippen LogP contribution in [-0.4, -0.2) is 30.9 Å². The van der Waals surface area contributed by atoms with E-state index in [9.17, 15) is 9.59 Å². The third-order valence-corrected chi connectivity index (χ3v) is 7.10. The smallest absolute Gasteiger partial charge is 0.247 e. The molecule has 2 amide bonds. The SMILES string of the molecule is COc1ccc(CC(=O)N(Cc2ccc(Cl)cc2)C(C(=O)NCc2ccccc2Cl)c2ccccc2)cc1OC. The molecule has 4 aromatic carbocycles. The first-order valence-corrected chi connectivity index (χ1v) is 13.5. The lowest BCUT2D eigenvalue weighted by Crippen LogP contribution is -2.43. The van der Waals surface area contributed by atoms with E-state index in [4.69, 9.17) is 32.7 Å². The molecule has 4 rings (SSSR count). The average Bonchev–Trinajstić information content (AvgIpc) is 2.98. The zero-order chi connectivity index (χ0) is 28.5. The molecule has 0 aliphatic rings. The van der Waals surface area contributed by atoms with Gasteiger partial charge in [-0.3, -0.25) is 9.59 Å². The first-order valence-electron chi connectivity index (χ1n) is 12.7. The number of methoxy groups -OCH3 is 2. The number of amides is 2. The highest BCUT2D eigenvalue weighted by Gasteiger charge is 2.31. The summed E-state index contributed by atoms with van der Waals surface area (Å²) in [6.07, 6.45) is 0.0507. The molecule has 6 nitrogen and oxygen atoms in total. The molecule has 1 atom stereocenters. The molecular formula is C32H30Cl2N2O4. The number of rotatable bonds is 11. The summed E-state index contributed by atoms with van der Waals surface area (Å²) < 4.78 is 10.8. The minimum absolute atomic E-state index is 0.0507. The lowest BCUT2D eigenvalue weighted by molar-refractivity contribution is -0.141. The largest absolute Gasteiger partial charge is 0.493 e. The Morgan fingerprint density at radius 2 is 1.45 bits per heavy atom. The van der Waals surface area contributed by atoms with E-state index in [0.29, 0.717) is 27.1 Å². The molecule has 0 radical (unpaired) electrons. The summed E-state index contributed by atoms with van der Waals surface area (Å²) in [5.74, 6) is 0.539. The summed E-state index contributed by atoms with van der Waals surface area (Å²) in [5, 5.41) is 4.14. The molecule has 4 aromatic rings. The first-order chi connectivity index (χ1) is 19.4. The zero-order valence-corrected chi connectivity index (χ0v) is 23.8. The van der Waals surface area contributed by atoms with Crippen molar-refractivity contribution in [2.45, 2.75) is 25.6 Å². The van der Waals surface area contributed by atoms with Crippen LogP contribution >= 0.6 is 23.2 Å². The Kier molecular flexibility index (Phi) is 10.1. The van der Waals surface area contributed by atoms with Gasteiger partial charge in [0.25, 0.3) is 0 Å². The molecule has 0 saturated heterocycles. The second kappa shape index (κ2) is 13.9. The van der Waals surface area contributed by atoms with Gasteiger partial charge >= 0.3 is 0 Å². The van der Waals surface area contributed by atoms with Gasteiger partial charge in [-0.1, -0.05) is 89.9 Å². The Hall–Kier alpha value is -4.00. The van der Waals surface area contributed by atoms with Crippen molar-refractivity contribution in [3.63, 3.8) is 0 Å². The van der Waals surface area contributed by atoms with E-state index >= 15 is 0 Å². The maximum atomic E-state index is 14.0. The van der Waals surface area contributed by atoms with Crippen LogP contribution in [0.3, 0.4) is 0 Å². The van der Waals surface area contributed by atoms with Crippen molar-refractivity contribution in [3.8, 4) is 11.5 Å². The Labute approximate surface area is 244 Å². The van der Waals surface area contributed by atoms with Gasteiger partial charge in [-0.2, -0.15) is 0 Å². The molecular weight excluding hydrogens is 547 g/mol. The maximum absolute atomic E-state index is 14.0. The third kappa shape index (κ3) is 7.34. The molecule has 0 heterocycles. The first kappa shape index (κ1) is 29.0. The third-order valence-electron chi connectivity index (χ3n) is 6.48. The van der Waals surface area contributed by atoms with Crippen molar-refractivity contribution < 1.29 is 19.1 Å². The second-order valence-electron chi connectivity index (χ2n) is 9.14. The molecule has 0 saturated carbocycles. The van der Waals surface area contributed by atoms with Crippen LogP contribution in [0.4, 0.5) is 0 Å². The Morgan fingerprint density at radius 3 is 2.12 bits per heavy atom. The Bertz CT molecular complexity index is 1450. The van der Waals surface area contributed by atoms with Crippen LogP contribution in [0.2, 0.25) is 10.0 Å². The fraction of sp³-hybridized carbons (Fsp3) is 0.188. The van der Waals surface area contributed by atoms with Crippen LogP contribution in [0.25, 0.3) is 0 Å². The number of ether oxygens (including phenoxy) is 2. The maximum Gasteiger partial charge on any atom is 0.247 e. The summed E-state index contributed by atoms with van der Waals surface area (Å²) in [5.41, 5.74) is 3.04. The molecule has 0 aliphatic heterocycles. The van der Waals surface area contributed by atoms with Gasteiger partial charge in [0, 0.05) is 23.1 Å². The number of benzene rings is 4. The molecule has 8 heteroatoms. The van der Waals surface area contributed by atoms with Crippen molar-refractivity contribution in [1.29, 1.82) is 0 Å². The summed E-state index contributed by atoms with van der Waals surface area (Å²) >= 11 is 12.4. The van der Waals surface area contributed by atoms with Crippen molar-refractivity contribution in [2.24, 2.45) is 0 Å². The number of nitrogens with zero attached hydrogens (tertiary/aromatic N) is 1. The Balaban J connectivity index is 1.69. The predicted octanol–water partition coefficient (Wildman–Crippen LogP) is 6.64. The standard InChI is InChI=1S/C32H30Cl2N2O4/c1-39-28-17-14-23(18-29(28)40-2)19-30(37)36(21-22-12-15-26(33)16-13-22)31(24-8-4-3-5-9-24)32(38)35-20-25-10-6-7-11-27(25)34/h3-18,31H,19-21H2,1-2H3,(H,35,38). The van der Waals surface area contributed by atoms with Gasteiger partial charge in [-0.25, -0.2) is 0 Å². The van der Waals surface area contributed by atoms with E-state index in [0.717, 1.165) is 16.7 Å². The molecule has 1 unspecified atom stereocenters. The minimum atomic E-state index is -0.896. The van der Waals surface area contributed by atoms with E-state index in [1.54, 1.807) is 49.5 Å². The number of carbonyl (C=O) groups is 2. The van der Waals surface area contributed by atoms with Crippen molar-refractivity contribution in [2.75, 3.05) is 14.2 Å². The zero-order valence-electron chi connectivity index (χ0n) is 22.3. The molecule has 40 heavy (non-hydrogen) atoms. The topological polar surface area (TPSA) is 67.9 Å². The van der Waals surface area contributed by atoms with Gasteiger partial charge in [0.15, 0.2) is 11.5 Å². The molecule has 0 bridgehead atoms. The fourth-order valence-corrected chi connectivity index (χ4v) is 4.73. The van der Waals surface area contributed by atoms with E-state index in [1.165, 1.54) is 0 Å². The number of halogens is 2. The van der Waals surface area contributed by atoms with E-state index < -0.39 is 6.04 Å². The summed E-state index contributed by atoms with van der Waals surface area (Å²) in [4.78, 5) is 29.5. The van der Waals surface area contributed by atoms with Crippen LogP contribution < -0.4 is 14.8 Å². The molecule has 0 spiro atoms. The summed E-state index contributed by atoms with van der Waals surface area (Å²) in [7, 11) is 3.10. The van der Waals surface area contributed by atoms with Crippen LogP contribution in [0.15, 0.2) is 97.1 Å². The van der Waals surface area contributed by atoms with Crippen LogP contribution in [0.1, 0.15) is 28.3 Å². The number of hydrogen-bond acceptors (Lipinski definition) is 4. The highest BCUT2D eigenvalue weighted by Crippen LogP contribution is 2.30. The highest BCUT2D eigenvalue weighted by atomic mass is 35.5. The van der Waals surface area contributed by atoms with E-state index in [-0.39, 0.29) is 31.3 Å². The van der Waals surface area contributed by atoms with Gasteiger partial charge in [-0.15, -0.1) is 0 Å². The summed E-state index contributed by atoms with van der Waals surface area (Å²) in [6.45, 7) is 0.420. The van der Waals surface area contributed by atoms with Crippen LogP contribution in [-0.2, 0) is 29.1 Å². The number of hydrogen-bond donors (Lipinski definition) is 1. The minimum Gasteiger partial charge on any atom is -0.493 e. The van der Waals surface area contributed by atoms with Crippen LogP contribution in [0.5, 0.6) is 11.5 Å². The van der Waals surface area contributed by atoms with Gasteiger partial charge in [0.2, 0.25) is 11.8 Å². The fourth-order valence-electron chi connectivity index (χ4n) is 4.41. The van der Waals surface area contributed by atoms with Gasteiger partial charge in [-0.05, 0) is 52.6 Å². The predicted molar refractivity (Wildman–Crippen MR) is 158 cm³/mol. The normalized spacial score (nSPS) is 11.4. The van der Waals surface area contributed by atoms with Crippen molar-refractivity contribution in [3.05, 3.63) is 129 Å². The van der Waals surface area contributed by atoms with Gasteiger partial charge < -0.3 is 19.7 Å². The number of carbonyl (C=O) groups excluding carboxylic acids is 2. The van der Waals surface area contributed by atoms with Crippen molar-refractivity contribution >= 4 is 35.0 Å². The molecule has 0 aromatic heterocycles. The quantitative estimate of drug-likeness (QED) is 0.217. The Morgan fingerprint density at radius 1 is 0.800 bits per heavy atom. The van der Waals surface area contributed by atoms with E-state index in [1.807, 2.05) is 66.7 Å². The number of nitrogens with one attached hydrogen (secondary N) is 1. The highest BCUT2D eigenvalue weighted by molar-refractivity contribution is 6.31. The molecule has 0 aliphatic carbocycles. The molecule has 1 N–H and O–H groups in total. The molecule has 0 fully saturated rings. The van der Waals surface area contributed by atoms with Crippen molar-refractivity contribution in [1.82, 2.24) is 10.2 Å². The summed E-state index contributed by atoms with van der Waals surface area (Å²) in [6, 6.07) is 28.3. The average molecular weight is 578 g/mol. The lowest BCUT2D eigenvalue weighted by Gasteiger charge is -2.32. The molecule has 206 valence electrons. The second-order valence-corrected chi connectivity index (χ2v) is 9.98. The van der Waals surface area contributed by atoms with E-state index in [2.05, 4.69) is 5.32 Å².